The molecule has 0 aromatic carbocycles. The lowest BCUT2D eigenvalue weighted by Crippen LogP contribution is -2.29. The second kappa shape index (κ2) is 3.81. The van der Waals surface area contributed by atoms with Crippen LogP contribution in [-0.4, -0.2) is 5.54 Å². The SMILES string of the molecule is CC[C@H]1CCC[C@@](C)(N=[N+]=[N-])C1. The molecular formula is C9H17N3. The zero-order valence-electron chi connectivity index (χ0n) is 7.95. The molecule has 12 heavy (non-hydrogen) atoms. The van der Waals surface area contributed by atoms with E-state index in [-0.39, 0.29) is 5.54 Å². The fourth-order valence-electron chi connectivity index (χ4n) is 2.14. The first-order valence-electron chi connectivity index (χ1n) is 4.76. The van der Waals surface area contributed by atoms with Crippen molar-refractivity contribution >= 4 is 0 Å². The van der Waals surface area contributed by atoms with Gasteiger partial charge in [-0.3, -0.25) is 0 Å². The summed E-state index contributed by atoms with van der Waals surface area (Å²) in [5.74, 6) is 0.772. The van der Waals surface area contributed by atoms with Gasteiger partial charge in [-0.15, -0.1) is 0 Å². The second-order valence-corrected chi connectivity index (χ2v) is 4.06. The third-order valence-electron chi connectivity index (χ3n) is 2.92. The van der Waals surface area contributed by atoms with Gasteiger partial charge in [-0.2, -0.15) is 0 Å². The minimum absolute atomic E-state index is 0.0896. The van der Waals surface area contributed by atoms with Gasteiger partial charge in [-0.05, 0) is 24.3 Å². The van der Waals surface area contributed by atoms with Crippen LogP contribution in [0.25, 0.3) is 10.4 Å². The Labute approximate surface area is 73.8 Å². The summed E-state index contributed by atoms with van der Waals surface area (Å²) in [5, 5.41) is 3.89. The normalized spacial score (nSPS) is 35.7. The Balaban J connectivity index is 2.60. The first-order valence-corrected chi connectivity index (χ1v) is 4.76. The number of azide groups is 1. The molecule has 1 rings (SSSR count). The van der Waals surface area contributed by atoms with Gasteiger partial charge in [-0.1, -0.05) is 38.2 Å². The van der Waals surface area contributed by atoms with Crippen LogP contribution in [0.3, 0.4) is 0 Å². The second-order valence-electron chi connectivity index (χ2n) is 4.06. The molecule has 3 heteroatoms. The molecule has 0 aromatic heterocycles. The molecule has 1 aliphatic rings. The summed E-state index contributed by atoms with van der Waals surface area (Å²) in [7, 11) is 0. The molecule has 0 N–H and O–H groups in total. The molecule has 0 saturated heterocycles. The molecule has 3 nitrogen and oxygen atoms in total. The molecule has 0 spiro atoms. The lowest BCUT2D eigenvalue weighted by molar-refractivity contribution is 0.237. The lowest BCUT2D eigenvalue weighted by Gasteiger charge is -2.33. The number of nitrogens with zero attached hydrogens (tertiary/aromatic N) is 3. The van der Waals surface area contributed by atoms with E-state index in [9.17, 15) is 0 Å². The Bertz CT molecular complexity index is 196. The Morgan fingerprint density at radius 3 is 3.00 bits per heavy atom. The van der Waals surface area contributed by atoms with Crippen molar-refractivity contribution in [2.75, 3.05) is 0 Å². The topological polar surface area (TPSA) is 48.8 Å². The van der Waals surface area contributed by atoms with Gasteiger partial charge < -0.3 is 0 Å². The van der Waals surface area contributed by atoms with Crippen LogP contribution in [0, 0.1) is 5.92 Å². The Morgan fingerprint density at radius 2 is 2.42 bits per heavy atom. The first kappa shape index (κ1) is 9.40. The van der Waals surface area contributed by atoms with Crippen molar-refractivity contribution in [2.45, 2.75) is 51.5 Å². The molecule has 0 amide bonds. The number of hydrogen-bond donors (Lipinski definition) is 0. The third kappa shape index (κ3) is 2.15. The summed E-state index contributed by atoms with van der Waals surface area (Å²) in [5.41, 5.74) is 8.31. The van der Waals surface area contributed by atoms with Crippen LogP contribution in [-0.2, 0) is 0 Å². The summed E-state index contributed by atoms with van der Waals surface area (Å²) in [6.07, 6.45) is 5.89. The fraction of sp³-hybridized carbons (Fsp3) is 1.00. The molecule has 1 fully saturated rings. The predicted molar refractivity (Wildman–Crippen MR) is 49.8 cm³/mol. The van der Waals surface area contributed by atoms with E-state index in [1.165, 1.54) is 19.3 Å². The molecular weight excluding hydrogens is 150 g/mol. The molecule has 1 saturated carbocycles. The van der Waals surface area contributed by atoms with E-state index in [2.05, 4.69) is 23.9 Å². The van der Waals surface area contributed by atoms with Crippen LogP contribution < -0.4 is 0 Å². The zero-order chi connectivity index (χ0) is 9.03. The predicted octanol–water partition coefficient (Wildman–Crippen LogP) is 3.66. The molecule has 0 heterocycles. The monoisotopic (exact) mass is 167 g/mol. The molecule has 0 aliphatic heterocycles. The van der Waals surface area contributed by atoms with Gasteiger partial charge in [0.2, 0.25) is 0 Å². The summed E-state index contributed by atoms with van der Waals surface area (Å²) in [6, 6.07) is 0. The fourth-order valence-corrected chi connectivity index (χ4v) is 2.14. The van der Waals surface area contributed by atoms with Crippen molar-refractivity contribution in [1.82, 2.24) is 0 Å². The highest BCUT2D eigenvalue weighted by atomic mass is 15.2. The van der Waals surface area contributed by atoms with E-state index in [0.717, 1.165) is 18.8 Å². The van der Waals surface area contributed by atoms with Gasteiger partial charge in [0.1, 0.15) is 0 Å². The Hall–Kier alpha value is -0.690. The Kier molecular flexibility index (Phi) is 2.99. The van der Waals surface area contributed by atoms with Crippen LogP contribution >= 0.6 is 0 Å². The minimum atomic E-state index is -0.0896. The highest BCUT2D eigenvalue weighted by Gasteiger charge is 2.30. The maximum atomic E-state index is 8.40. The van der Waals surface area contributed by atoms with E-state index >= 15 is 0 Å². The number of hydrogen-bond acceptors (Lipinski definition) is 1. The van der Waals surface area contributed by atoms with E-state index < -0.39 is 0 Å². The molecule has 0 unspecified atom stereocenters. The third-order valence-corrected chi connectivity index (χ3v) is 2.92. The average molecular weight is 167 g/mol. The molecule has 68 valence electrons. The average Bonchev–Trinajstić information content (AvgIpc) is 2.04. The smallest absolute Gasteiger partial charge is 0.0462 e. The summed E-state index contributed by atoms with van der Waals surface area (Å²) in [4.78, 5) is 2.92. The van der Waals surface area contributed by atoms with E-state index in [1.54, 1.807) is 0 Å². The first-order chi connectivity index (χ1) is 5.70. The van der Waals surface area contributed by atoms with Gasteiger partial charge in [0.25, 0.3) is 0 Å². The molecule has 1 aliphatic carbocycles. The van der Waals surface area contributed by atoms with Crippen molar-refractivity contribution in [3.8, 4) is 0 Å². The molecule has 0 aromatic rings. The molecule has 0 radical (unpaired) electrons. The number of rotatable bonds is 2. The lowest BCUT2D eigenvalue weighted by atomic mass is 9.76. The van der Waals surface area contributed by atoms with Gasteiger partial charge in [-0.25, -0.2) is 0 Å². The van der Waals surface area contributed by atoms with E-state index in [0.29, 0.717) is 0 Å². The summed E-state index contributed by atoms with van der Waals surface area (Å²) >= 11 is 0. The largest absolute Gasteiger partial charge is 0.0875 e. The van der Waals surface area contributed by atoms with Crippen molar-refractivity contribution in [2.24, 2.45) is 11.0 Å². The van der Waals surface area contributed by atoms with Gasteiger partial charge in [0.05, 0.1) is 0 Å². The molecule has 2 atom stereocenters. The standard InChI is InChI=1S/C9H17N3/c1-3-8-5-4-6-9(2,7-8)11-12-10/h8H,3-7H2,1-2H3/t8-,9+/m0/s1. The summed E-state index contributed by atoms with van der Waals surface area (Å²) in [6.45, 7) is 4.29. The van der Waals surface area contributed by atoms with Crippen molar-refractivity contribution in [3.63, 3.8) is 0 Å². The van der Waals surface area contributed by atoms with Crippen LogP contribution in [0.15, 0.2) is 5.11 Å². The highest BCUT2D eigenvalue weighted by Crippen LogP contribution is 2.36. The van der Waals surface area contributed by atoms with Crippen LogP contribution in [0.4, 0.5) is 0 Å². The minimum Gasteiger partial charge on any atom is -0.0875 e. The molecule has 0 bridgehead atoms. The van der Waals surface area contributed by atoms with Gasteiger partial charge in [0, 0.05) is 10.5 Å². The maximum absolute atomic E-state index is 8.40. The van der Waals surface area contributed by atoms with Gasteiger partial charge in [0.15, 0.2) is 0 Å². The maximum Gasteiger partial charge on any atom is 0.0462 e. The van der Waals surface area contributed by atoms with Crippen LogP contribution in [0.5, 0.6) is 0 Å². The Morgan fingerprint density at radius 1 is 1.67 bits per heavy atom. The van der Waals surface area contributed by atoms with E-state index in [4.69, 9.17) is 5.53 Å². The summed E-state index contributed by atoms with van der Waals surface area (Å²) < 4.78 is 0. The van der Waals surface area contributed by atoms with Crippen molar-refractivity contribution in [3.05, 3.63) is 10.4 Å². The quantitative estimate of drug-likeness (QED) is 0.342. The zero-order valence-corrected chi connectivity index (χ0v) is 7.95. The highest BCUT2D eigenvalue weighted by molar-refractivity contribution is 4.89. The van der Waals surface area contributed by atoms with Crippen molar-refractivity contribution < 1.29 is 0 Å². The van der Waals surface area contributed by atoms with Crippen LogP contribution in [0.2, 0.25) is 0 Å². The van der Waals surface area contributed by atoms with E-state index in [1.807, 2.05) is 0 Å². The van der Waals surface area contributed by atoms with Crippen LogP contribution in [0.1, 0.15) is 46.0 Å². The van der Waals surface area contributed by atoms with Gasteiger partial charge >= 0.3 is 0 Å². The van der Waals surface area contributed by atoms with Crippen molar-refractivity contribution in [1.29, 1.82) is 0 Å².